The Bertz CT molecular complexity index is 1130. The Labute approximate surface area is 165 Å². The summed E-state index contributed by atoms with van der Waals surface area (Å²) in [7, 11) is 0. The van der Waals surface area contributed by atoms with Gasteiger partial charge in [-0.1, -0.05) is 12.1 Å². The van der Waals surface area contributed by atoms with Crippen molar-refractivity contribution in [1.82, 2.24) is 4.57 Å². The summed E-state index contributed by atoms with van der Waals surface area (Å²) in [5.74, 6) is -2.57. The predicted octanol–water partition coefficient (Wildman–Crippen LogP) is 6.10. The van der Waals surface area contributed by atoms with Gasteiger partial charge in [0, 0.05) is 18.9 Å². The molecule has 2 aromatic carbocycles. The van der Waals surface area contributed by atoms with Crippen LogP contribution in [0.1, 0.15) is 29.3 Å². The molecule has 1 heterocycles. The van der Waals surface area contributed by atoms with Gasteiger partial charge in [0.2, 0.25) is 0 Å². The second kappa shape index (κ2) is 7.33. The summed E-state index contributed by atoms with van der Waals surface area (Å²) < 4.78 is 98.8. The van der Waals surface area contributed by atoms with Crippen molar-refractivity contribution in [2.75, 3.05) is 0 Å². The number of rotatable bonds is 3. The highest BCUT2D eigenvalue weighted by Gasteiger charge is 2.36. The SMILES string of the molecule is CC(=O)Oc1c(C)n(Cc2cccc(C(F)(F)F)c2)c2cc(F)c(C(F)(F)F)cc12. The van der Waals surface area contributed by atoms with Crippen molar-refractivity contribution in [3.8, 4) is 5.75 Å². The number of hydrogen-bond donors (Lipinski definition) is 0. The van der Waals surface area contributed by atoms with Gasteiger partial charge in [0.25, 0.3) is 0 Å². The van der Waals surface area contributed by atoms with E-state index in [1.165, 1.54) is 23.6 Å². The van der Waals surface area contributed by atoms with E-state index in [9.17, 15) is 35.5 Å². The second-order valence-corrected chi connectivity index (χ2v) is 6.64. The minimum Gasteiger partial charge on any atom is -0.424 e. The molecule has 0 saturated carbocycles. The van der Waals surface area contributed by atoms with Crippen LogP contribution < -0.4 is 4.74 Å². The molecular formula is C20H14F7NO2. The van der Waals surface area contributed by atoms with Gasteiger partial charge in [-0.2, -0.15) is 26.3 Å². The molecule has 0 bridgehead atoms. The zero-order valence-corrected chi connectivity index (χ0v) is 15.6. The van der Waals surface area contributed by atoms with Gasteiger partial charge in [0.15, 0.2) is 5.75 Å². The van der Waals surface area contributed by atoms with Crippen LogP contribution >= 0.6 is 0 Å². The quantitative estimate of drug-likeness (QED) is 0.369. The van der Waals surface area contributed by atoms with E-state index < -0.39 is 35.3 Å². The fraction of sp³-hybridized carbons (Fsp3) is 0.250. The highest BCUT2D eigenvalue weighted by atomic mass is 19.4. The predicted molar refractivity (Wildman–Crippen MR) is 93.5 cm³/mol. The number of benzene rings is 2. The first-order valence-corrected chi connectivity index (χ1v) is 8.53. The lowest BCUT2D eigenvalue weighted by atomic mass is 10.1. The van der Waals surface area contributed by atoms with Gasteiger partial charge in [-0.3, -0.25) is 4.79 Å². The Morgan fingerprint density at radius 3 is 2.27 bits per heavy atom. The van der Waals surface area contributed by atoms with E-state index in [0.717, 1.165) is 19.1 Å². The molecule has 3 nitrogen and oxygen atoms in total. The molecule has 3 rings (SSSR count). The fourth-order valence-electron chi connectivity index (χ4n) is 3.19. The summed E-state index contributed by atoms with van der Waals surface area (Å²) >= 11 is 0. The number of esters is 1. The van der Waals surface area contributed by atoms with Crippen LogP contribution in [0.3, 0.4) is 0 Å². The average molecular weight is 433 g/mol. The van der Waals surface area contributed by atoms with Crippen molar-refractivity contribution >= 4 is 16.9 Å². The molecule has 0 aliphatic rings. The van der Waals surface area contributed by atoms with Crippen LogP contribution in [0.5, 0.6) is 5.75 Å². The Hall–Kier alpha value is -3.04. The van der Waals surface area contributed by atoms with Crippen LogP contribution in [0.4, 0.5) is 30.7 Å². The van der Waals surface area contributed by atoms with E-state index in [1.54, 1.807) is 0 Å². The molecule has 0 aliphatic heterocycles. The summed E-state index contributed by atoms with van der Waals surface area (Å²) in [5, 5.41) is -0.177. The van der Waals surface area contributed by atoms with Gasteiger partial charge in [0.1, 0.15) is 5.82 Å². The van der Waals surface area contributed by atoms with Crippen molar-refractivity contribution < 1.29 is 40.3 Å². The number of ether oxygens (including phenoxy) is 1. The number of halogens is 7. The van der Waals surface area contributed by atoms with Crippen LogP contribution in [0.25, 0.3) is 10.9 Å². The summed E-state index contributed by atoms with van der Waals surface area (Å²) in [6.07, 6.45) is -9.57. The highest BCUT2D eigenvalue weighted by Crippen LogP contribution is 2.40. The number of fused-ring (bicyclic) bond motifs is 1. The van der Waals surface area contributed by atoms with Gasteiger partial charge in [-0.15, -0.1) is 0 Å². The molecule has 0 amide bonds. The minimum absolute atomic E-state index is 0.0494. The lowest BCUT2D eigenvalue weighted by Crippen LogP contribution is -2.09. The first kappa shape index (κ1) is 21.7. The van der Waals surface area contributed by atoms with Crippen LogP contribution in [0.15, 0.2) is 36.4 Å². The zero-order valence-electron chi connectivity index (χ0n) is 15.6. The summed E-state index contributed by atoms with van der Waals surface area (Å²) in [5.41, 5.74) is -2.15. The monoisotopic (exact) mass is 433 g/mol. The van der Waals surface area contributed by atoms with Crippen molar-refractivity contribution in [3.05, 3.63) is 64.6 Å². The van der Waals surface area contributed by atoms with Crippen LogP contribution in [-0.4, -0.2) is 10.5 Å². The van der Waals surface area contributed by atoms with Crippen LogP contribution in [0.2, 0.25) is 0 Å². The van der Waals surface area contributed by atoms with E-state index in [4.69, 9.17) is 4.74 Å². The molecule has 10 heteroatoms. The average Bonchev–Trinajstić information content (AvgIpc) is 2.84. The second-order valence-electron chi connectivity index (χ2n) is 6.64. The van der Waals surface area contributed by atoms with E-state index in [2.05, 4.69) is 0 Å². The van der Waals surface area contributed by atoms with Crippen molar-refractivity contribution in [2.45, 2.75) is 32.7 Å². The van der Waals surface area contributed by atoms with E-state index >= 15 is 0 Å². The third kappa shape index (κ3) is 4.12. The van der Waals surface area contributed by atoms with E-state index in [0.29, 0.717) is 12.1 Å². The van der Waals surface area contributed by atoms with Crippen molar-refractivity contribution in [3.63, 3.8) is 0 Å². The first-order valence-electron chi connectivity index (χ1n) is 8.53. The standard InChI is InChI=1S/C20H14F7NO2/c1-10-18(30-11(2)29)14-7-15(20(25,26)27)16(21)8-17(14)28(10)9-12-4-3-5-13(6-12)19(22,23)24/h3-8H,9H2,1-2H3. The largest absolute Gasteiger partial charge is 0.424 e. The molecule has 0 radical (unpaired) electrons. The molecule has 1 aromatic heterocycles. The van der Waals surface area contributed by atoms with Crippen LogP contribution in [0, 0.1) is 12.7 Å². The van der Waals surface area contributed by atoms with Gasteiger partial charge in [0.05, 0.1) is 22.3 Å². The normalized spacial score (nSPS) is 12.4. The molecule has 0 N–H and O–H groups in total. The molecule has 3 aromatic rings. The van der Waals surface area contributed by atoms with Gasteiger partial charge in [-0.05, 0) is 36.8 Å². The molecule has 0 spiro atoms. The number of nitrogens with zero attached hydrogens (tertiary/aromatic N) is 1. The Balaban J connectivity index is 2.21. The Morgan fingerprint density at radius 1 is 1.03 bits per heavy atom. The third-order valence-corrected chi connectivity index (χ3v) is 4.50. The smallest absolute Gasteiger partial charge is 0.419 e. The first-order chi connectivity index (χ1) is 13.8. The topological polar surface area (TPSA) is 31.2 Å². The molecule has 160 valence electrons. The van der Waals surface area contributed by atoms with Crippen molar-refractivity contribution in [1.29, 1.82) is 0 Å². The van der Waals surface area contributed by atoms with Gasteiger partial charge >= 0.3 is 18.3 Å². The number of carbonyl (C=O) groups is 1. The van der Waals surface area contributed by atoms with Crippen LogP contribution in [-0.2, 0) is 23.7 Å². The maximum Gasteiger partial charge on any atom is 0.419 e. The van der Waals surface area contributed by atoms with Gasteiger partial charge in [-0.25, -0.2) is 4.39 Å². The molecule has 0 saturated heterocycles. The Morgan fingerprint density at radius 2 is 1.70 bits per heavy atom. The number of carbonyl (C=O) groups excluding carboxylic acids is 1. The zero-order chi connectivity index (χ0) is 22.4. The molecular weight excluding hydrogens is 419 g/mol. The van der Waals surface area contributed by atoms with Gasteiger partial charge < -0.3 is 9.30 Å². The number of aromatic nitrogens is 1. The maximum atomic E-state index is 14.2. The summed E-state index contributed by atoms with van der Waals surface area (Å²) in [4.78, 5) is 11.4. The number of hydrogen-bond acceptors (Lipinski definition) is 2. The molecule has 0 unspecified atom stereocenters. The lowest BCUT2D eigenvalue weighted by Gasteiger charge is -2.12. The third-order valence-electron chi connectivity index (χ3n) is 4.50. The molecule has 30 heavy (non-hydrogen) atoms. The summed E-state index contributed by atoms with van der Waals surface area (Å²) in [6.45, 7) is 2.25. The lowest BCUT2D eigenvalue weighted by molar-refractivity contribution is -0.140. The molecule has 0 atom stereocenters. The van der Waals surface area contributed by atoms with Crippen molar-refractivity contribution in [2.24, 2.45) is 0 Å². The minimum atomic E-state index is -4.98. The highest BCUT2D eigenvalue weighted by molar-refractivity contribution is 5.91. The molecule has 0 aliphatic carbocycles. The fourth-order valence-corrected chi connectivity index (χ4v) is 3.19. The molecule has 0 fully saturated rings. The Kier molecular flexibility index (Phi) is 5.30. The van der Waals surface area contributed by atoms with E-state index in [-0.39, 0.29) is 34.5 Å². The summed E-state index contributed by atoms with van der Waals surface area (Å²) in [6, 6.07) is 5.51. The van der Waals surface area contributed by atoms with E-state index in [1.807, 2.05) is 0 Å². The maximum absolute atomic E-state index is 14.2. The number of alkyl halides is 6.